The summed E-state index contributed by atoms with van der Waals surface area (Å²) >= 11 is 15.5. The van der Waals surface area contributed by atoms with Gasteiger partial charge in [0.05, 0.1) is 9.86 Å². The van der Waals surface area contributed by atoms with Crippen LogP contribution in [0.3, 0.4) is 0 Å². The fourth-order valence-electron chi connectivity index (χ4n) is 2.14. The van der Waals surface area contributed by atoms with Gasteiger partial charge in [0.15, 0.2) is 5.75 Å². The van der Waals surface area contributed by atoms with Gasteiger partial charge in [-0.2, -0.15) is 0 Å². The predicted molar refractivity (Wildman–Crippen MR) is 96.0 cm³/mol. The minimum atomic E-state index is -0.411. The highest BCUT2D eigenvalue weighted by atomic mass is 79.9. The molecule has 0 unspecified atom stereocenters. The van der Waals surface area contributed by atoms with E-state index in [1.165, 1.54) is 13.2 Å². The molecule has 1 aromatic heterocycles. The number of fused-ring (bicyclic) bond motifs is 1. The van der Waals surface area contributed by atoms with Gasteiger partial charge in [-0.05, 0) is 34.1 Å². The van der Waals surface area contributed by atoms with E-state index in [2.05, 4.69) is 15.9 Å². The van der Waals surface area contributed by atoms with Crippen LogP contribution in [0.5, 0.6) is 11.5 Å². The van der Waals surface area contributed by atoms with Crippen molar-refractivity contribution in [2.24, 2.45) is 0 Å². The van der Waals surface area contributed by atoms with Gasteiger partial charge in [0.2, 0.25) is 0 Å². The Kier molecular flexibility index (Phi) is 5.04. The Balaban J connectivity index is 1.84. The molecule has 0 atom stereocenters. The molecule has 0 spiro atoms. The number of furan rings is 1. The molecule has 3 aromatic rings. The molecule has 1 heterocycles. The van der Waals surface area contributed by atoms with Crippen molar-refractivity contribution in [3.8, 4) is 11.5 Å². The van der Waals surface area contributed by atoms with Crippen molar-refractivity contribution in [3.63, 3.8) is 0 Å². The summed E-state index contributed by atoms with van der Waals surface area (Å²) in [5.74, 6) is 0.536. The van der Waals surface area contributed by atoms with Gasteiger partial charge < -0.3 is 13.9 Å². The number of halogens is 3. The van der Waals surface area contributed by atoms with Crippen LogP contribution < -0.4 is 9.47 Å². The molecule has 7 heteroatoms. The molecule has 2 aromatic carbocycles. The molecule has 0 saturated carbocycles. The van der Waals surface area contributed by atoms with Crippen LogP contribution in [0.1, 0.15) is 12.5 Å². The van der Waals surface area contributed by atoms with Crippen molar-refractivity contribution in [2.45, 2.75) is 13.5 Å². The van der Waals surface area contributed by atoms with Crippen LogP contribution in [-0.4, -0.2) is 5.97 Å². The third-order valence-electron chi connectivity index (χ3n) is 3.24. The fourth-order valence-corrected chi connectivity index (χ4v) is 3.06. The van der Waals surface area contributed by atoms with E-state index in [1.807, 2.05) is 6.07 Å². The molecule has 3 rings (SSSR count). The van der Waals surface area contributed by atoms with Gasteiger partial charge in [-0.25, -0.2) is 0 Å². The minimum Gasteiger partial charge on any atom is -0.488 e. The summed E-state index contributed by atoms with van der Waals surface area (Å²) in [5.41, 5.74) is 1.36. The standard InChI is InChI=1S/C17H11BrCl2O4/c1-9(21)24-17-8-23-15-6-16(13(18)5-12(15)17)22-7-10-2-3-11(19)4-14(10)20/h2-6,8H,7H2,1H3. The van der Waals surface area contributed by atoms with E-state index in [4.69, 9.17) is 37.1 Å². The molecule has 0 fully saturated rings. The first-order valence-electron chi connectivity index (χ1n) is 6.90. The topological polar surface area (TPSA) is 48.7 Å². The van der Waals surface area contributed by atoms with Crippen LogP contribution >= 0.6 is 39.1 Å². The molecule has 0 amide bonds. The van der Waals surface area contributed by atoms with Crippen molar-refractivity contribution in [1.29, 1.82) is 0 Å². The Morgan fingerprint density at radius 1 is 1.21 bits per heavy atom. The Morgan fingerprint density at radius 2 is 2.00 bits per heavy atom. The Hall–Kier alpha value is -1.69. The van der Waals surface area contributed by atoms with E-state index in [-0.39, 0.29) is 6.61 Å². The number of hydrogen-bond donors (Lipinski definition) is 0. The third-order valence-corrected chi connectivity index (χ3v) is 4.45. The maximum atomic E-state index is 11.1. The summed E-state index contributed by atoms with van der Waals surface area (Å²) in [6, 6.07) is 8.72. The lowest BCUT2D eigenvalue weighted by molar-refractivity contribution is -0.131. The lowest BCUT2D eigenvalue weighted by Crippen LogP contribution is -2.00. The maximum absolute atomic E-state index is 11.1. The smallest absolute Gasteiger partial charge is 0.308 e. The lowest BCUT2D eigenvalue weighted by Gasteiger charge is -2.10. The van der Waals surface area contributed by atoms with Gasteiger partial charge in [-0.1, -0.05) is 29.3 Å². The fraction of sp³-hybridized carbons (Fsp3) is 0.118. The number of hydrogen-bond acceptors (Lipinski definition) is 4. The predicted octanol–water partition coefficient (Wildman–Crippen LogP) is 6.01. The molecule has 0 N–H and O–H groups in total. The van der Waals surface area contributed by atoms with E-state index in [1.54, 1.807) is 24.3 Å². The van der Waals surface area contributed by atoms with Crippen molar-refractivity contribution >= 4 is 56.1 Å². The lowest BCUT2D eigenvalue weighted by atomic mass is 10.2. The van der Waals surface area contributed by atoms with Gasteiger partial charge in [0, 0.05) is 28.6 Å². The van der Waals surface area contributed by atoms with Gasteiger partial charge >= 0.3 is 5.97 Å². The molecule has 0 aliphatic carbocycles. The van der Waals surface area contributed by atoms with E-state index in [9.17, 15) is 4.79 Å². The van der Waals surface area contributed by atoms with Crippen molar-refractivity contribution in [2.75, 3.05) is 0 Å². The third kappa shape index (κ3) is 3.69. The van der Waals surface area contributed by atoms with Crippen molar-refractivity contribution in [3.05, 3.63) is 56.7 Å². The molecule has 24 heavy (non-hydrogen) atoms. The number of rotatable bonds is 4. The largest absolute Gasteiger partial charge is 0.488 e. The normalized spacial score (nSPS) is 10.8. The Morgan fingerprint density at radius 3 is 2.71 bits per heavy atom. The summed E-state index contributed by atoms with van der Waals surface area (Å²) in [6.45, 7) is 1.61. The van der Waals surface area contributed by atoms with Gasteiger partial charge in [0.25, 0.3) is 0 Å². The Bertz CT molecular complexity index is 920. The highest BCUT2D eigenvalue weighted by molar-refractivity contribution is 9.10. The summed E-state index contributed by atoms with van der Waals surface area (Å²) in [6.07, 6.45) is 1.39. The molecule has 0 saturated heterocycles. The zero-order valence-electron chi connectivity index (χ0n) is 12.4. The quantitative estimate of drug-likeness (QED) is 0.476. The van der Waals surface area contributed by atoms with Crippen LogP contribution in [0, 0.1) is 0 Å². The first-order valence-corrected chi connectivity index (χ1v) is 8.45. The number of benzene rings is 2. The van der Waals surface area contributed by atoms with E-state index >= 15 is 0 Å². The average molecular weight is 430 g/mol. The first kappa shape index (κ1) is 17.1. The summed E-state index contributed by atoms with van der Waals surface area (Å²) in [7, 11) is 0. The number of carbonyl (C=O) groups is 1. The molecule has 0 bridgehead atoms. The summed E-state index contributed by atoms with van der Waals surface area (Å²) in [4.78, 5) is 11.1. The molecule has 4 nitrogen and oxygen atoms in total. The molecule has 124 valence electrons. The van der Waals surface area contributed by atoms with E-state index < -0.39 is 5.97 Å². The van der Waals surface area contributed by atoms with Gasteiger partial charge in [-0.3, -0.25) is 4.79 Å². The van der Waals surface area contributed by atoms with Gasteiger partial charge in [-0.15, -0.1) is 0 Å². The second-order valence-corrected chi connectivity index (χ2v) is 6.69. The second kappa shape index (κ2) is 7.05. The summed E-state index contributed by atoms with van der Waals surface area (Å²) in [5, 5.41) is 1.78. The molecular formula is C17H11BrCl2O4. The van der Waals surface area contributed by atoms with Crippen LogP contribution in [0.2, 0.25) is 10.0 Å². The zero-order chi connectivity index (χ0) is 17.3. The number of carbonyl (C=O) groups excluding carboxylic acids is 1. The zero-order valence-corrected chi connectivity index (χ0v) is 15.5. The monoisotopic (exact) mass is 428 g/mol. The highest BCUT2D eigenvalue weighted by Crippen LogP contribution is 2.37. The van der Waals surface area contributed by atoms with Crippen LogP contribution in [0.15, 0.2) is 45.5 Å². The minimum absolute atomic E-state index is 0.275. The first-order chi connectivity index (χ1) is 11.4. The molecule has 0 aliphatic heterocycles. The van der Waals surface area contributed by atoms with Crippen molar-refractivity contribution in [1.82, 2.24) is 0 Å². The Labute approximate surface area is 156 Å². The molecule has 0 aliphatic rings. The van der Waals surface area contributed by atoms with Crippen LogP contribution in [0.4, 0.5) is 0 Å². The van der Waals surface area contributed by atoms with E-state index in [0.29, 0.717) is 37.0 Å². The maximum Gasteiger partial charge on any atom is 0.308 e. The highest BCUT2D eigenvalue weighted by Gasteiger charge is 2.14. The second-order valence-electron chi connectivity index (χ2n) is 5.00. The SMILES string of the molecule is CC(=O)Oc1coc2cc(OCc3ccc(Cl)cc3Cl)c(Br)cc12. The average Bonchev–Trinajstić information content (AvgIpc) is 2.87. The summed E-state index contributed by atoms with van der Waals surface area (Å²) < 4.78 is 17.0. The van der Waals surface area contributed by atoms with Crippen LogP contribution in [0.25, 0.3) is 11.0 Å². The van der Waals surface area contributed by atoms with Gasteiger partial charge in [0.1, 0.15) is 24.2 Å². The van der Waals surface area contributed by atoms with Crippen LogP contribution in [-0.2, 0) is 11.4 Å². The molecular weight excluding hydrogens is 419 g/mol. The number of ether oxygens (including phenoxy) is 2. The number of esters is 1. The van der Waals surface area contributed by atoms with E-state index in [0.717, 1.165) is 5.56 Å². The molecule has 0 radical (unpaired) electrons. The van der Waals surface area contributed by atoms with Crippen molar-refractivity contribution < 1.29 is 18.7 Å².